The lowest BCUT2D eigenvalue weighted by Crippen LogP contribution is -2.12. The van der Waals surface area contributed by atoms with Crippen molar-refractivity contribution in [2.75, 3.05) is 0 Å². The van der Waals surface area contributed by atoms with Gasteiger partial charge >= 0.3 is 5.97 Å². The van der Waals surface area contributed by atoms with Crippen molar-refractivity contribution in [3.05, 3.63) is 65.2 Å². The maximum absolute atomic E-state index is 12.8. The first-order valence-electron chi connectivity index (χ1n) is 11.0. The third kappa shape index (κ3) is 8.23. The molecule has 3 heteroatoms. The molecule has 0 fully saturated rings. The molecule has 0 unspecified atom stereocenters. The second kappa shape index (κ2) is 12.9. The summed E-state index contributed by atoms with van der Waals surface area (Å²) in [6.45, 7) is 4.18. The van der Waals surface area contributed by atoms with Crippen molar-refractivity contribution in [1.29, 1.82) is 0 Å². The van der Waals surface area contributed by atoms with Crippen LogP contribution in [0.25, 0.3) is 0 Å². The minimum Gasteiger partial charge on any atom is -0.422 e. The second-order valence-corrected chi connectivity index (χ2v) is 7.76. The molecule has 0 aromatic heterocycles. The van der Waals surface area contributed by atoms with Crippen molar-refractivity contribution < 1.29 is 14.3 Å². The molecule has 0 atom stereocenters. The summed E-state index contributed by atoms with van der Waals surface area (Å²) in [5.74, 6) is -0.0375. The Kier molecular flexibility index (Phi) is 10.2. The largest absolute Gasteiger partial charge is 0.422 e. The van der Waals surface area contributed by atoms with Crippen LogP contribution in [-0.4, -0.2) is 11.8 Å². The summed E-state index contributed by atoms with van der Waals surface area (Å²) in [7, 11) is 0. The van der Waals surface area contributed by atoms with Crippen LogP contribution < -0.4 is 4.74 Å². The topological polar surface area (TPSA) is 43.4 Å². The molecule has 0 saturated heterocycles. The standard InChI is InChI=1S/C26H34O3/c1-3-4-5-6-7-8-9-10-14-17-24(27)23-20-21(2)18-19-25(23)29-26(28)22-15-12-11-13-16-22/h11-13,15-16,18-20H,3-10,14,17H2,1-2H3. The second-order valence-electron chi connectivity index (χ2n) is 7.76. The zero-order valence-corrected chi connectivity index (χ0v) is 17.9. The monoisotopic (exact) mass is 394 g/mol. The third-order valence-corrected chi connectivity index (χ3v) is 5.16. The third-order valence-electron chi connectivity index (χ3n) is 5.16. The lowest BCUT2D eigenvalue weighted by atomic mass is 10.0. The molecule has 2 aromatic rings. The summed E-state index contributed by atoms with van der Waals surface area (Å²) < 4.78 is 5.54. The van der Waals surface area contributed by atoms with E-state index in [4.69, 9.17) is 4.74 Å². The van der Waals surface area contributed by atoms with Crippen LogP contribution in [0.3, 0.4) is 0 Å². The molecular formula is C26H34O3. The maximum Gasteiger partial charge on any atom is 0.343 e. The van der Waals surface area contributed by atoms with Crippen LogP contribution in [0.1, 0.15) is 97.4 Å². The molecule has 3 nitrogen and oxygen atoms in total. The van der Waals surface area contributed by atoms with Gasteiger partial charge in [-0.05, 0) is 37.6 Å². The number of esters is 1. The Morgan fingerprint density at radius 2 is 1.41 bits per heavy atom. The number of benzene rings is 2. The Labute approximate surface area is 175 Å². The number of unbranched alkanes of at least 4 members (excludes halogenated alkanes) is 8. The molecule has 0 heterocycles. The number of hydrogen-bond donors (Lipinski definition) is 0. The summed E-state index contributed by atoms with van der Waals surface area (Å²) in [5, 5.41) is 0. The number of ether oxygens (including phenoxy) is 1. The van der Waals surface area contributed by atoms with E-state index in [0.29, 0.717) is 23.3 Å². The van der Waals surface area contributed by atoms with Crippen molar-refractivity contribution in [3.63, 3.8) is 0 Å². The average Bonchev–Trinajstić information content (AvgIpc) is 2.74. The molecule has 0 amide bonds. The molecule has 2 aromatic carbocycles. The van der Waals surface area contributed by atoms with Gasteiger partial charge in [-0.2, -0.15) is 0 Å². The molecular weight excluding hydrogens is 360 g/mol. The predicted molar refractivity (Wildman–Crippen MR) is 119 cm³/mol. The number of carbonyl (C=O) groups is 2. The first-order valence-corrected chi connectivity index (χ1v) is 11.0. The van der Waals surface area contributed by atoms with Gasteiger partial charge in [0.1, 0.15) is 5.75 Å². The highest BCUT2D eigenvalue weighted by atomic mass is 16.5. The van der Waals surface area contributed by atoms with Crippen molar-refractivity contribution in [2.45, 2.75) is 78.1 Å². The molecule has 0 saturated carbocycles. The molecule has 0 N–H and O–H groups in total. The van der Waals surface area contributed by atoms with Crippen LogP contribution in [0.15, 0.2) is 48.5 Å². The first-order chi connectivity index (χ1) is 14.1. The van der Waals surface area contributed by atoms with Crippen LogP contribution in [-0.2, 0) is 0 Å². The lowest BCUT2D eigenvalue weighted by Gasteiger charge is -2.11. The summed E-state index contributed by atoms with van der Waals surface area (Å²) in [5.41, 5.74) is 1.97. The van der Waals surface area contributed by atoms with Crippen molar-refractivity contribution in [1.82, 2.24) is 0 Å². The van der Waals surface area contributed by atoms with Crippen molar-refractivity contribution >= 4 is 11.8 Å². The van der Waals surface area contributed by atoms with E-state index in [1.54, 1.807) is 30.3 Å². The van der Waals surface area contributed by atoms with E-state index >= 15 is 0 Å². The maximum atomic E-state index is 12.8. The molecule has 0 bridgehead atoms. The fourth-order valence-corrected chi connectivity index (χ4v) is 3.41. The highest BCUT2D eigenvalue weighted by molar-refractivity contribution is 6.00. The Balaban J connectivity index is 1.83. The van der Waals surface area contributed by atoms with Gasteiger partial charge in [0.15, 0.2) is 5.78 Å². The zero-order chi connectivity index (χ0) is 20.9. The van der Waals surface area contributed by atoms with E-state index in [1.165, 1.54) is 44.9 Å². The molecule has 0 radical (unpaired) electrons. The van der Waals surface area contributed by atoms with Crippen LogP contribution in [0.5, 0.6) is 5.75 Å². The van der Waals surface area contributed by atoms with Gasteiger partial charge < -0.3 is 4.74 Å². The van der Waals surface area contributed by atoms with Gasteiger partial charge in [-0.25, -0.2) is 4.79 Å². The van der Waals surface area contributed by atoms with Gasteiger partial charge in [-0.3, -0.25) is 4.79 Å². The Morgan fingerprint density at radius 1 is 0.793 bits per heavy atom. The fourth-order valence-electron chi connectivity index (χ4n) is 3.41. The lowest BCUT2D eigenvalue weighted by molar-refractivity contribution is 0.0732. The van der Waals surface area contributed by atoms with E-state index in [1.807, 2.05) is 25.1 Å². The summed E-state index contributed by atoms with van der Waals surface area (Å²) in [6.07, 6.45) is 11.5. The van der Waals surface area contributed by atoms with Crippen LogP contribution in [0.2, 0.25) is 0 Å². The number of rotatable bonds is 13. The van der Waals surface area contributed by atoms with Gasteiger partial charge in [0.25, 0.3) is 0 Å². The quantitative estimate of drug-likeness (QED) is 0.155. The Bertz CT molecular complexity index is 765. The zero-order valence-electron chi connectivity index (χ0n) is 17.9. The number of Topliss-reactive ketones (excluding diaryl/α,β-unsaturated/α-hetero) is 1. The molecule has 0 aliphatic carbocycles. The van der Waals surface area contributed by atoms with E-state index in [2.05, 4.69) is 6.92 Å². The number of hydrogen-bond acceptors (Lipinski definition) is 3. The Morgan fingerprint density at radius 3 is 2.07 bits per heavy atom. The van der Waals surface area contributed by atoms with E-state index in [9.17, 15) is 9.59 Å². The highest BCUT2D eigenvalue weighted by Crippen LogP contribution is 2.24. The van der Waals surface area contributed by atoms with Gasteiger partial charge in [0, 0.05) is 6.42 Å². The molecule has 2 rings (SSSR count). The molecule has 0 aliphatic rings. The SMILES string of the molecule is CCCCCCCCCCCC(=O)c1cc(C)ccc1OC(=O)c1ccccc1. The predicted octanol–water partition coefficient (Wildman–Crippen LogP) is 7.32. The molecule has 156 valence electrons. The smallest absolute Gasteiger partial charge is 0.343 e. The van der Waals surface area contributed by atoms with E-state index in [-0.39, 0.29) is 5.78 Å². The molecule has 0 spiro atoms. The van der Waals surface area contributed by atoms with Crippen LogP contribution in [0, 0.1) is 6.92 Å². The van der Waals surface area contributed by atoms with Gasteiger partial charge in [-0.1, -0.05) is 88.1 Å². The van der Waals surface area contributed by atoms with Crippen LogP contribution >= 0.6 is 0 Å². The summed E-state index contributed by atoms with van der Waals surface area (Å²) in [6, 6.07) is 14.3. The van der Waals surface area contributed by atoms with Crippen molar-refractivity contribution in [3.8, 4) is 5.75 Å². The molecule has 29 heavy (non-hydrogen) atoms. The summed E-state index contributed by atoms with van der Waals surface area (Å²) >= 11 is 0. The van der Waals surface area contributed by atoms with E-state index < -0.39 is 5.97 Å². The van der Waals surface area contributed by atoms with Gasteiger partial charge in [0.05, 0.1) is 11.1 Å². The van der Waals surface area contributed by atoms with Gasteiger partial charge in [-0.15, -0.1) is 0 Å². The minimum atomic E-state index is -0.438. The number of ketones is 1. The first kappa shape index (κ1) is 22.9. The minimum absolute atomic E-state index is 0.0486. The fraction of sp³-hybridized carbons (Fsp3) is 0.462. The molecule has 0 aliphatic heterocycles. The Hall–Kier alpha value is -2.42. The average molecular weight is 395 g/mol. The van der Waals surface area contributed by atoms with E-state index in [0.717, 1.165) is 18.4 Å². The summed E-state index contributed by atoms with van der Waals surface area (Å²) in [4.78, 5) is 25.1. The van der Waals surface area contributed by atoms with Crippen molar-refractivity contribution in [2.24, 2.45) is 0 Å². The number of aryl methyl sites for hydroxylation is 1. The van der Waals surface area contributed by atoms with Crippen LogP contribution in [0.4, 0.5) is 0 Å². The normalized spacial score (nSPS) is 10.7. The van der Waals surface area contributed by atoms with Gasteiger partial charge in [0.2, 0.25) is 0 Å². The highest BCUT2D eigenvalue weighted by Gasteiger charge is 2.16. The number of carbonyl (C=O) groups excluding carboxylic acids is 2.